The number of nitrogens with zero attached hydrogens (tertiary/aromatic N) is 1. The number of carbonyl (C=O) groups excluding carboxylic acids is 1. The van der Waals surface area contributed by atoms with Gasteiger partial charge in [0.25, 0.3) is 0 Å². The van der Waals surface area contributed by atoms with Gasteiger partial charge in [0.15, 0.2) is 0 Å². The molecule has 0 aliphatic carbocycles. The molecular weight excluding hydrogens is 288 g/mol. The van der Waals surface area contributed by atoms with E-state index in [9.17, 15) is 4.79 Å². The summed E-state index contributed by atoms with van der Waals surface area (Å²) in [5.74, 6) is 0.494. The van der Waals surface area contributed by atoms with Gasteiger partial charge >= 0.3 is 0 Å². The topological polar surface area (TPSA) is 41.6 Å². The monoisotopic (exact) mass is 316 g/mol. The number of amides is 1. The van der Waals surface area contributed by atoms with Crippen LogP contribution in [0.25, 0.3) is 0 Å². The zero-order valence-corrected chi connectivity index (χ0v) is 14.5. The van der Waals surface area contributed by atoms with Gasteiger partial charge in [0, 0.05) is 5.92 Å². The maximum atomic E-state index is 12.9. The van der Waals surface area contributed by atoms with E-state index in [2.05, 4.69) is 49.2 Å². The Labute approximate surface area is 139 Å². The Kier molecular flexibility index (Phi) is 5.02. The molecule has 2 aliphatic heterocycles. The third-order valence-electron chi connectivity index (χ3n) is 5.19. The molecule has 1 aromatic carbocycles. The number of nitrogens with one attached hydrogen (secondary N) is 1. The van der Waals surface area contributed by atoms with Crippen LogP contribution in [0.2, 0.25) is 0 Å². The van der Waals surface area contributed by atoms with Gasteiger partial charge in [-0.05, 0) is 57.8 Å². The molecule has 2 saturated heterocycles. The minimum Gasteiger partial charge on any atom is -0.370 e. The summed E-state index contributed by atoms with van der Waals surface area (Å²) in [5.41, 5.74) is 3.70. The summed E-state index contributed by atoms with van der Waals surface area (Å²) in [6.45, 7) is 9.52. The summed E-state index contributed by atoms with van der Waals surface area (Å²) in [4.78, 5) is 15.0. The van der Waals surface area contributed by atoms with Crippen molar-refractivity contribution >= 4 is 5.91 Å². The molecular formula is C19H28N2O2. The first kappa shape index (κ1) is 16.5. The Bertz CT molecular complexity index is 566. The van der Waals surface area contributed by atoms with E-state index in [0.29, 0.717) is 19.1 Å². The van der Waals surface area contributed by atoms with Crippen LogP contribution in [0.3, 0.4) is 0 Å². The molecule has 2 heterocycles. The molecule has 23 heavy (non-hydrogen) atoms. The number of hydrogen-bond donors (Lipinski definition) is 1. The minimum absolute atomic E-state index is 0.00299. The summed E-state index contributed by atoms with van der Waals surface area (Å²) < 4.78 is 6.07. The molecule has 2 aliphatic rings. The van der Waals surface area contributed by atoms with Crippen molar-refractivity contribution in [3.8, 4) is 0 Å². The molecule has 0 aromatic heterocycles. The predicted molar refractivity (Wildman–Crippen MR) is 91.4 cm³/mol. The van der Waals surface area contributed by atoms with Gasteiger partial charge in [0.2, 0.25) is 5.91 Å². The van der Waals surface area contributed by atoms with Crippen LogP contribution in [0.15, 0.2) is 18.2 Å². The van der Waals surface area contributed by atoms with E-state index in [1.807, 2.05) is 0 Å². The molecule has 2 fully saturated rings. The second-order valence-corrected chi connectivity index (χ2v) is 7.05. The Balaban J connectivity index is 1.76. The Morgan fingerprint density at radius 1 is 1.26 bits per heavy atom. The predicted octanol–water partition coefficient (Wildman–Crippen LogP) is 2.59. The molecule has 0 spiro atoms. The van der Waals surface area contributed by atoms with Gasteiger partial charge in [-0.1, -0.05) is 23.8 Å². The summed E-state index contributed by atoms with van der Waals surface area (Å²) >= 11 is 0. The molecule has 0 unspecified atom stereocenters. The normalized spacial score (nSPS) is 26.3. The van der Waals surface area contributed by atoms with Crippen LogP contribution in [-0.4, -0.2) is 43.1 Å². The van der Waals surface area contributed by atoms with Crippen LogP contribution in [0.4, 0.5) is 0 Å². The lowest BCUT2D eigenvalue weighted by atomic mass is 9.94. The highest BCUT2D eigenvalue weighted by molar-refractivity contribution is 5.79. The van der Waals surface area contributed by atoms with Crippen LogP contribution in [0.1, 0.15) is 42.6 Å². The molecule has 1 N–H and O–H groups in total. The fraction of sp³-hybridized carbons (Fsp3) is 0.632. The standard InChI is InChI=1S/C19H28N2O2/c1-13-4-5-14(2)17(10-13)18-11-21(15(3)12-23-18)19(22)16-6-8-20-9-7-16/h4-5,10,15-16,18,20H,6-9,11-12H2,1-3H3/t15-,18+/m0/s1. The zero-order valence-electron chi connectivity index (χ0n) is 14.5. The number of aryl methyl sites for hydroxylation is 2. The number of ether oxygens (including phenoxy) is 1. The highest BCUT2D eigenvalue weighted by Gasteiger charge is 2.34. The van der Waals surface area contributed by atoms with E-state index in [4.69, 9.17) is 4.74 Å². The third-order valence-corrected chi connectivity index (χ3v) is 5.19. The van der Waals surface area contributed by atoms with E-state index in [1.165, 1.54) is 16.7 Å². The largest absolute Gasteiger partial charge is 0.370 e. The molecule has 4 nitrogen and oxygen atoms in total. The van der Waals surface area contributed by atoms with E-state index < -0.39 is 0 Å². The summed E-state index contributed by atoms with van der Waals surface area (Å²) in [6, 6.07) is 6.63. The van der Waals surface area contributed by atoms with Gasteiger partial charge in [-0.15, -0.1) is 0 Å². The van der Waals surface area contributed by atoms with Gasteiger partial charge in [-0.2, -0.15) is 0 Å². The van der Waals surface area contributed by atoms with Crippen LogP contribution in [-0.2, 0) is 9.53 Å². The number of carbonyl (C=O) groups is 1. The van der Waals surface area contributed by atoms with E-state index >= 15 is 0 Å². The molecule has 0 bridgehead atoms. The number of hydrogen-bond acceptors (Lipinski definition) is 3. The Hall–Kier alpha value is -1.39. The highest BCUT2D eigenvalue weighted by Crippen LogP contribution is 2.29. The van der Waals surface area contributed by atoms with Gasteiger partial charge in [-0.25, -0.2) is 0 Å². The van der Waals surface area contributed by atoms with Gasteiger partial charge in [0.05, 0.1) is 19.2 Å². The smallest absolute Gasteiger partial charge is 0.226 e. The van der Waals surface area contributed by atoms with Crippen molar-refractivity contribution in [2.75, 3.05) is 26.2 Å². The summed E-state index contributed by atoms with van der Waals surface area (Å²) in [5, 5.41) is 3.34. The molecule has 0 radical (unpaired) electrons. The molecule has 126 valence electrons. The average molecular weight is 316 g/mol. The minimum atomic E-state index is -0.00299. The lowest BCUT2D eigenvalue weighted by molar-refractivity contribution is -0.149. The van der Waals surface area contributed by atoms with Gasteiger partial charge < -0.3 is 15.0 Å². The van der Waals surface area contributed by atoms with Crippen molar-refractivity contribution in [2.24, 2.45) is 5.92 Å². The van der Waals surface area contributed by atoms with Crippen molar-refractivity contribution in [3.63, 3.8) is 0 Å². The Morgan fingerprint density at radius 2 is 2.00 bits per heavy atom. The second kappa shape index (κ2) is 7.02. The van der Waals surface area contributed by atoms with Crippen molar-refractivity contribution in [1.29, 1.82) is 0 Å². The lowest BCUT2D eigenvalue weighted by Gasteiger charge is -2.41. The number of piperidine rings is 1. The maximum absolute atomic E-state index is 12.9. The quantitative estimate of drug-likeness (QED) is 0.912. The molecule has 1 amide bonds. The second-order valence-electron chi connectivity index (χ2n) is 7.05. The van der Waals surface area contributed by atoms with Gasteiger partial charge in [-0.3, -0.25) is 4.79 Å². The molecule has 1 aromatic rings. The van der Waals surface area contributed by atoms with E-state index in [1.54, 1.807) is 0 Å². The average Bonchev–Trinajstić information content (AvgIpc) is 2.58. The SMILES string of the molecule is Cc1ccc(C)c([C@H]2CN(C(=O)C3CCNCC3)[C@@H](C)CO2)c1. The summed E-state index contributed by atoms with van der Waals surface area (Å²) in [7, 11) is 0. The van der Waals surface area contributed by atoms with Crippen molar-refractivity contribution in [3.05, 3.63) is 34.9 Å². The zero-order chi connectivity index (χ0) is 16.4. The third kappa shape index (κ3) is 3.59. The van der Waals surface area contributed by atoms with Crippen molar-refractivity contribution < 1.29 is 9.53 Å². The van der Waals surface area contributed by atoms with Crippen LogP contribution in [0, 0.1) is 19.8 Å². The highest BCUT2D eigenvalue weighted by atomic mass is 16.5. The summed E-state index contributed by atoms with van der Waals surface area (Å²) in [6.07, 6.45) is 1.91. The first-order valence-corrected chi connectivity index (χ1v) is 8.76. The Morgan fingerprint density at radius 3 is 2.74 bits per heavy atom. The fourth-order valence-corrected chi connectivity index (χ4v) is 3.66. The van der Waals surface area contributed by atoms with Crippen molar-refractivity contribution in [1.82, 2.24) is 10.2 Å². The van der Waals surface area contributed by atoms with Crippen molar-refractivity contribution in [2.45, 2.75) is 45.8 Å². The molecule has 4 heteroatoms. The first-order chi connectivity index (χ1) is 11.1. The maximum Gasteiger partial charge on any atom is 0.226 e. The van der Waals surface area contributed by atoms with E-state index in [0.717, 1.165) is 25.9 Å². The van der Waals surface area contributed by atoms with Gasteiger partial charge in [0.1, 0.15) is 6.10 Å². The molecule has 2 atom stereocenters. The molecule has 3 rings (SSSR count). The lowest BCUT2D eigenvalue weighted by Crippen LogP contribution is -2.51. The van der Waals surface area contributed by atoms with Crippen LogP contribution in [0.5, 0.6) is 0 Å². The number of rotatable bonds is 2. The number of morpholine rings is 1. The first-order valence-electron chi connectivity index (χ1n) is 8.76. The molecule has 0 saturated carbocycles. The van der Waals surface area contributed by atoms with E-state index in [-0.39, 0.29) is 18.1 Å². The van der Waals surface area contributed by atoms with Crippen LogP contribution >= 0.6 is 0 Å². The number of benzene rings is 1. The van der Waals surface area contributed by atoms with Crippen LogP contribution < -0.4 is 5.32 Å². The fourth-order valence-electron chi connectivity index (χ4n) is 3.66.